The predicted molar refractivity (Wildman–Crippen MR) is 85.7 cm³/mol. The third-order valence-corrected chi connectivity index (χ3v) is 4.90. The molecule has 0 radical (unpaired) electrons. The molecule has 5 nitrogen and oxygen atoms in total. The molecule has 1 aliphatic carbocycles. The average Bonchev–Trinajstić information content (AvgIpc) is 2.56. The predicted octanol–water partition coefficient (Wildman–Crippen LogP) is 2.12. The summed E-state index contributed by atoms with van der Waals surface area (Å²) in [6.45, 7) is 6.65. The van der Waals surface area contributed by atoms with Gasteiger partial charge in [0.1, 0.15) is 11.5 Å². The number of hydrogen-bond acceptors (Lipinski definition) is 4. The van der Waals surface area contributed by atoms with Crippen molar-refractivity contribution in [1.29, 1.82) is 0 Å². The highest BCUT2D eigenvalue weighted by molar-refractivity contribution is 5.92. The van der Waals surface area contributed by atoms with Gasteiger partial charge in [-0.05, 0) is 31.7 Å². The molecule has 22 heavy (non-hydrogen) atoms. The van der Waals surface area contributed by atoms with E-state index in [9.17, 15) is 4.79 Å². The first-order chi connectivity index (χ1) is 10.7. The molecule has 1 aromatic heterocycles. The lowest BCUT2D eigenvalue weighted by Gasteiger charge is -2.37. The van der Waals surface area contributed by atoms with Crippen LogP contribution in [0, 0.1) is 12.8 Å². The van der Waals surface area contributed by atoms with E-state index in [1.165, 1.54) is 38.6 Å². The Kier molecular flexibility index (Phi) is 5.03. The van der Waals surface area contributed by atoms with E-state index >= 15 is 0 Å². The first kappa shape index (κ1) is 15.4. The Morgan fingerprint density at radius 3 is 2.59 bits per heavy atom. The van der Waals surface area contributed by atoms with Crippen LogP contribution in [-0.2, 0) is 0 Å². The fourth-order valence-electron chi connectivity index (χ4n) is 3.61. The summed E-state index contributed by atoms with van der Waals surface area (Å²) in [7, 11) is 0. The second kappa shape index (κ2) is 7.18. The summed E-state index contributed by atoms with van der Waals surface area (Å²) in [6.07, 6.45) is 8.65. The van der Waals surface area contributed by atoms with Gasteiger partial charge in [0.2, 0.25) is 0 Å². The lowest BCUT2D eigenvalue weighted by atomic mass is 9.89. The number of piperazine rings is 1. The van der Waals surface area contributed by atoms with Crippen LogP contribution in [0.2, 0.25) is 0 Å². The van der Waals surface area contributed by atoms with E-state index in [0.29, 0.717) is 11.5 Å². The van der Waals surface area contributed by atoms with Crippen LogP contribution in [0.3, 0.4) is 0 Å². The van der Waals surface area contributed by atoms with Crippen molar-refractivity contribution < 1.29 is 4.79 Å². The van der Waals surface area contributed by atoms with Gasteiger partial charge in [-0.15, -0.1) is 0 Å². The molecule has 1 aromatic rings. The Hall–Kier alpha value is -1.49. The van der Waals surface area contributed by atoms with Crippen molar-refractivity contribution in [2.24, 2.45) is 5.92 Å². The van der Waals surface area contributed by atoms with Gasteiger partial charge in [0.25, 0.3) is 5.91 Å². The van der Waals surface area contributed by atoms with Gasteiger partial charge in [0.05, 0.1) is 0 Å². The molecule has 5 heteroatoms. The molecule has 1 aliphatic heterocycles. The van der Waals surface area contributed by atoms with Gasteiger partial charge in [-0.25, -0.2) is 9.97 Å². The zero-order valence-corrected chi connectivity index (χ0v) is 13.5. The zero-order chi connectivity index (χ0) is 15.4. The minimum Gasteiger partial charge on any atom is -0.335 e. The second-order valence-electron chi connectivity index (χ2n) is 6.59. The van der Waals surface area contributed by atoms with Crippen LogP contribution in [0.5, 0.6) is 0 Å². The fourth-order valence-corrected chi connectivity index (χ4v) is 3.61. The van der Waals surface area contributed by atoms with E-state index in [4.69, 9.17) is 0 Å². The van der Waals surface area contributed by atoms with Gasteiger partial charge < -0.3 is 4.90 Å². The molecule has 2 fully saturated rings. The summed E-state index contributed by atoms with van der Waals surface area (Å²) in [5.74, 6) is 1.57. The van der Waals surface area contributed by atoms with Gasteiger partial charge >= 0.3 is 0 Å². The Morgan fingerprint density at radius 2 is 1.91 bits per heavy atom. The average molecular weight is 302 g/mol. The van der Waals surface area contributed by atoms with E-state index in [0.717, 1.165) is 32.1 Å². The molecule has 120 valence electrons. The molecule has 2 aliphatic rings. The number of carbonyl (C=O) groups is 1. The molecular formula is C17H26N4O. The van der Waals surface area contributed by atoms with Crippen molar-refractivity contribution in [3.05, 3.63) is 23.8 Å². The Morgan fingerprint density at radius 1 is 1.18 bits per heavy atom. The monoisotopic (exact) mass is 302 g/mol. The standard InChI is InChI=1S/C17H26N4O/c1-14-18-8-7-16(19-14)17(22)21-11-9-20(10-12-21)13-15-5-3-2-4-6-15/h7-8,15H,2-6,9-13H2,1H3. The van der Waals surface area contributed by atoms with Gasteiger partial charge in [-0.2, -0.15) is 0 Å². The highest BCUT2D eigenvalue weighted by Gasteiger charge is 2.25. The molecule has 0 atom stereocenters. The number of hydrogen-bond donors (Lipinski definition) is 0. The van der Waals surface area contributed by atoms with Crippen LogP contribution in [0.4, 0.5) is 0 Å². The number of aromatic nitrogens is 2. The SMILES string of the molecule is Cc1nccc(C(=O)N2CCN(CC3CCCCC3)CC2)n1. The summed E-state index contributed by atoms with van der Waals surface area (Å²) in [5.41, 5.74) is 0.522. The van der Waals surface area contributed by atoms with Crippen molar-refractivity contribution in [1.82, 2.24) is 19.8 Å². The fraction of sp³-hybridized carbons (Fsp3) is 0.706. The highest BCUT2D eigenvalue weighted by atomic mass is 16.2. The summed E-state index contributed by atoms with van der Waals surface area (Å²) < 4.78 is 0. The number of amides is 1. The molecule has 0 unspecified atom stereocenters. The third-order valence-electron chi connectivity index (χ3n) is 4.90. The summed E-state index contributed by atoms with van der Waals surface area (Å²) >= 11 is 0. The quantitative estimate of drug-likeness (QED) is 0.858. The smallest absolute Gasteiger partial charge is 0.272 e. The highest BCUT2D eigenvalue weighted by Crippen LogP contribution is 2.24. The molecule has 1 amide bonds. The summed E-state index contributed by atoms with van der Waals surface area (Å²) in [6, 6.07) is 1.71. The van der Waals surface area contributed by atoms with Crippen molar-refractivity contribution in [2.75, 3.05) is 32.7 Å². The summed E-state index contributed by atoms with van der Waals surface area (Å²) in [4.78, 5) is 25.2. The zero-order valence-electron chi connectivity index (χ0n) is 13.5. The van der Waals surface area contributed by atoms with Gasteiger partial charge in [0, 0.05) is 38.9 Å². The summed E-state index contributed by atoms with van der Waals surface area (Å²) in [5, 5.41) is 0. The molecule has 1 saturated heterocycles. The molecule has 0 spiro atoms. The topological polar surface area (TPSA) is 49.3 Å². The van der Waals surface area contributed by atoms with Crippen molar-refractivity contribution in [3.8, 4) is 0 Å². The lowest BCUT2D eigenvalue weighted by Crippen LogP contribution is -2.50. The van der Waals surface area contributed by atoms with Crippen LogP contribution in [-0.4, -0.2) is 58.4 Å². The number of carbonyl (C=O) groups excluding carboxylic acids is 1. The van der Waals surface area contributed by atoms with Crippen LogP contribution < -0.4 is 0 Å². The maximum absolute atomic E-state index is 12.5. The molecular weight excluding hydrogens is 276 g/mol. The van der Waals surface area contributed by atoms with E-state index in [1.54, 1.807) is 12.3 Å². The number of rotatable bonds is 3. The van der Waals surface area contributed by atoms with Crippen molar-refractivity contribution in [2.45, 2.75) is 39.0 Å². The normalized spacial score (nSPS) is 21.0. The minimum atomic E-state index is 0.0443. The van der Waals surface area contributed by atoms with Crippen LogP contribution in [0.15, 0.2) is 12.3 Å². The largest absolute Gasteiger partial charge is 0.335 e. The van der Waals surface area contributed by atoms with E-state index in [1.807, 2.05) is 11.8 Å². The molecule has 0 N–H and O–H groups in total. The Labute approximate surface area is 132 Å². The van der Waals surface area contributed by atoms with Gasteiger partial charge in [-0.3, -0.25) is 9.69 Å². The second-order valence-corrected chi connectivity index (χ2v) is 6.59. The molecule has 1 saturated carbocycles. The first-order valence-electron chi connectivity index (χ1n) is 8.53. The van der Waals surface area contributed by atoms with E-state index in [2.05, 4.69) is 14.9 Å². The number of aryl methyl sites for hydroxylation is 1. The molecule has 3 rings (SSSR count). The maximum Gasteiger partial charge on any atom is 0.272 e. The third kappa shape index (κ3) is 3.83. The van der Waals surface area contributed by atoms with E-state index in [-0.39, 0.29) is 5.91 Å². The first-order valence-corrected chi connectivity index (χ1v) is 8.53. The van der Waals surface area contributed by atoms with Gasteiger partial charge in [0.15, 0.2) is 0 Å². The molecule has 0 bridgehead atoms. The molecule has 0 aromatic carbocycles. The Bertz CT molecular complexity index is 505. The van der Waals surface area contributed by atoms with Crippen molar-refractivity contribution in [3.63, 3.8) is 0 Å². The van der Waals surface area contributed by atoms with Crippen LogP contribution in [0.25, 0.3) is 0 Å². The number of nitrogens with zero attached hydrogens (tertiary/aromatic N) is 4. The van der Waals surface area contributed by atoms with Crippen LogP contribution in [0.1, 0.15) is 48.4 Å². The minimum absolute atomic E-state index is 0.0443. The lowest BCUT2D eigenvalue weighted by molar-refractivity contribution is 0.0600. The van der Waals surface area contributed by atoms with E-state index < -0.39 is 0 Å². The van der Waals surface area contributed by atoms with Crippen molar-refractivity contribution >= 4 is 5.91 Å². The maximum atomic E-state index is 12.5. The molecule has 2 heterocycles. The van der Waals surface area contributed by atoms with Gasteiger partial charge in [-0.1, -0.05) is 19.3 Å². The van der Waals surface area contributed by atoms with Crippen LogP contribution >= 0.6 is 0 Å². The Balaban J connectivity index is 1.49.